The highest BCUT2D eigenvalue weighted by atomic mass is 16.3. The van der Waals surface area contributed by atoms with Gasteiger partial charge in [0.05, 0.1) is 12.7 Å². The first-order valence-electron chi connectivity index (χ1n) is 11.2. The summed E-state index contributed by atoms with van der Waals surface area (Å²) in [6, 6.07) is 0. The number of aliphatic hydroxyl groups excluding tert-OH is 3. The van der Waals surface area contributed by atoms with E-state index in [-0.39, 0.29) is 6.61 Å². The first-order valence-corrected chi connectivity index (χ1v) is 11.2. The van der Waals surface area contributed by atoms with Gasteiger partial charge in [-0.05, 0) is 12.8 Å². The van der Waals surface area contributed by atoms with Crippen LogP contribution >= 0.6 is 0 Å². The van der Waals surface area contributed by atoms with Crippen LogP contribution in [-0.4, -0.2) is 34.6 Å². The van der Waals surface area contributed by atoms with Gasteiger partial charge in [-0.3, -0.25) is 0 Å². The topological polar surface area (TPSA) is 60.7 Å². The van der Waals surface area contributed by atoms with E-state index in [2.05, 4.69) is 0 Å². The molecule has 1 unspecified atom stereocenters. The number of rotatable bonds is 21. The minimum absolute atomic E-state index is 0.0918. The summed E-state index contributed by atoms with van der Waals surface area (Å²) in [6.45, 7) is 0.266. The predicted octanol–water partition coefficient (Wildman–Crippen LogP) is 5.74. The lowest BCUT2D eigenvalue weighted by Gasteiger charge is -2.06. The molecule has 0 aliphatic carbocycles. The molecule has 0 aliphatic heterocycles. The van der Waals surface area contributed by atoms with E-state index in [0.717, 1.165) is 19.3 Å². The van der Waals surface area contributed by atoms with Gasteiger partial charge in [0.25, 0.3) is 0 Å². The third kappa shape index (κ3) is 21.8. The molecule has 3 N–H and O–H groups in total. The molecule has 3 nitrogen and oxygen atoms in total. The van der Waals surface area contributed by atoms with E-state index in [9.17, 15) is 5.11 Å². The summed E-state index contributed by atoms with van der Waals surface area (Å²) >= 11 is 0. The van der Waals surface area contributed by atoms with E-state index in [1.165, 1.54) is 103 Å². The van der Waals surface area contributed by atoms with Crippen molar-refractivity contribution >= 4 is 0 Å². The second-order valence-corrected chi connectivity index (χ2v) is 7.71. The largest absolute Gasteiger partial charge is 0.396 e. The SMILES string of the molecule is OCCCCCCCCCCCCCCCCCCCCC(O)CO. The van der Waals surface area contributed by atoms with Crippen LogP contribution in [0, 0.1) is 0 Å². The lowest BCUT2D eigenvalue weighted by Crippen LogP contribution is -2.10. The average molecular weight is 359 g/mol. The Morgan fingerprint density at radius 2 is 0.680 bits per heavy atom. The predicted molar refractivity (Wildman–Crippen MR) is 108 cm³/mol. The van der Waals surface area contributed by atoms with Gasteiger partial charge in [-0.1, -0.05) is 109 Å². The molecule has 0 aromatic rings. The van der Waals surface area contributed by atoms with Gasteiger partial charge in [0.2, 0.25) is 0 Å². The third-order valence-electron chi connectivity index (χ3n) is 5.16. The van der Waals surface area contributed by atoms with Crippen molar-refractivity contribution in [3.8, 4) is 0 Å². The average Bonchev–Trinajstić information content (AvgIpc) is 2.63. The monoisotopic (exact) mass is 358 g/mol. The van der Waals surface area contributed by atoms with E-state index in [1.807, 2.05) is 0 Å². The van der Waals surface area contributed by atoms with E-state index in [4.69, 9.17) is 10.2 Å². The molecule has 0 aromatic heterocycles. The molecule has 152 valence electrons. The Morgan fingerprint density at radius 1 is 0.400 bits per heavy atom. The molecule has 0 saturated heterocycles. The molecule has 0 bridgehead atoms. The number of hydrogen-bond acceptors (Lipinski definition) is 3. The Morgan fingerprint density at radius 3 is 0.960 bits per heavy atom. The lowest BCUT2D eigenvalue weighted by atomic mass is 10.0. The smallest absolute Gasteiger partial charge is 0.0770 e. The van der Waals surface area contributed by atoms with Crippen LogP contribution < -0.4 is 0 Å². The summed E-state index contributed by atoms with van der Waals surface area (Å²) in [5, 5.41) is 26.7. The Balaban J connectivity index is 2.98. The summed E-state index contributed by atoms with van der Waals surface area (Å²) in [7, 11) is 0. The fourth-order valence-corrected chi connectivity index (χ4v) is 3.41. The zero-order valence-electron chi connectivity index (χ0n) is 16.8. The molecule has 1 atom stereocenters. The van der Waals surface area contributed by atoms with Gasteiger partial charge in [-0.15, -0.1) is 0 Å². The van der Waals surface area contributed by atoms with Crippen LogP contribution in [-0.2, 0) is 0 Å². The first kappa shape index (κ1) is 24.9. The van der Waals surface area contributed by atoms with Gasteiger partial charge in [-0.25, -0.2) is 0 Å². The fourth-order valence-electron chi connectivity index (χ4n) is 3.41. The molecule has 0 saturated carbocycles. The Labute approximate surface area is 157 Å². The first-order chi connectivity index (χ1) is 12.3. The molecule has 0 aliphatic rings. The van der Waals surface area contributed by atoms with Crippen LogP contribution in [0.2, 0.25) is 0 Å². The molecule has 0 radical (unpaired) electrons. The zero-order chi connectivity index (χ0) is 18.4. The van der Waals surface area contributed by atoms with Crippen molar-refractivity contribution in [3.05, 3.63) is 0 Å². The van der Waals surface area contributed by atoms with Gasteiger partial charge >= 0.3 is 0 Å². The van der Waals surface area contributed by atoms with E-state index >= 15 is 0 Å². The van der Waals surface area contributed by atoms with Crippen molar-refractivity contribution in [1.29, 1.82) is 0 Å². The lowest BCUT2D eigenvalue weighted by molar-refractivity contribution is 0.0860. The van der Waals surface area contributed by atoms with Crippen molar-refractivity contribution in [2.24, 2.45) is 0 Å². The highest BCUT2D eigenvalue weighted by molar-refractivity contribution is 4.54. The summed E-state index contributed by atoms with van der Waals surface area (Å²) in [6.07, 6.45) is 23.9. The minimum atomic E-state index is -0.503. The van der Waals surface area contributed by atoms with Crippen molar-refractivity contribution < 1.29 is 15.3 Å². The second-order valence-electron chi connectivity index (χ2n) is 7.71. The van der Waals surface area contributed by atoms with Gasteiger partial charge in [0.1, 0.15) is 0 Å². The van der Waals surface area contributed by atoms with E-state index in [0.29, 0.717) is 6.61 Å². The second kappa shape index (κ2) is 21.9. The quantitative estimate of drug-likeness (QED) is 0.229. The van der Waals surface area contributed by atoms with Gasteiger partial charge in [-0.2, -0.15) is 0 Å². The molecule has 25 heavy (non-hydrogen) atoms. The van der Waals surface area contributed by atoms with E-state index in [1.54, 1.807) is 0 Å². The minimum Gasteiger partial charge on any atom is -0.396 e. The maximum atomic E-state index is 9.24. The van der Waals surface area contributed by atoms with Crippen LogP contribution in [0.25, 0.3) is 0 Å². The Kier molecular flexibility index (Phi) is 21.8. The summed E-state index contributed by atoms with van der Waals surface area (Å²) in [5.41, 5.74) is 0. The molecular weight excluding hydrogens is 312 g/mol. The van der Waals surface area contributed by atoms with E-state index < -0.39 is 6.10 Å². The van der Waals surface area contributed by atoms with Gasteiger partial charge in [0, 0.05) is 6.61 Å². The van der Waals surface area contributed by atoms with Gasteiger partial charge < -0.3 is 15.3 Å². The molecule has 0 spiro atoms. The molecule has 0 rings (SSSR count). The summed E-state index contributed by atoms with van der Waals surface area (Å²) in [5.74, 6) is 0. The molecule has 0 heterocycles. The van der Waals surface area contributed by atoms with Crippen LogP contribution in [0.1, 0.15) is 122 Å². The van der Waals surface area contributed by atoms with Crippen LogP contribution in [0.15, 0.2) is 0 Å². The third-order valence-corrected chi connectivity index (χ3v) is 5.16. The molecule has 0 fully saturated rings. The molecule has 0 amide bonds. The Bertz CT molecular complexity index is 233. The Hall–Kier alpha value is -0.120. The number of unbranched alkanes of at least 4 members (excludes halogenated alkanes) is 17. The van der Waals surface area contributed by atoms with Crippen molar-refractivity contribution in [1.82, 2.24) is 0 Å². The maximum absolute atomic E-state index is 9.24. The van der Waals surface area contributed by atoms with Crippen molar-refractivity contribution in [2.45, 2.75) is 128 Å². The highest BCUT2D eigenvalue weighted by Crippen LogP contribution is 2.14. The van der Waals surface area contributed by atoms with Gasteiger partial charge in [0.15, 0.2) is 0 Å². The maximum Gasteiger partial charge on any atom is 0.0770 e. The molecular formula is C22H46O3. The van der Waals surface area contributed by atoms with Crippen LogP contribution in [0.4, 0.5) is 0 Å². The number of aliphatic hydroxyl groups is 3. The van der Waals surface area contributed by atoms with Crippen molar-refractivity contribution in [3.63, 3.8) is 0 Å². The van der Waals surface area contributed by atoms with Crippen LogP contribution in [0.5, 0.6) is 0 Å². The highest BCUT2D eigenvalue weighted by Gasteiger charge is 2.00. The normalized spacial score (nSPS) is 12.6. The van der Waals surface area contributed by atoms with Crippen LogP contribution in [0.3, 0.4) is 0 Å². The fraction of sp³-hybridized carbons (Fsp3) is 1.00. The summed E-state index contributed by atoms with van der Waals surface area (Å²) < 4.78 is 0. The number of hydrogen-bond donors (Lipinski definition) is 3. The zero-order valence-corrected chi connectivity index (χ0v) is 16.8. The molecule has 0 aromatic carbocycles. The molecule has 3 heteroatoms. The summed E-state index contributed by atoms with van der Waals surface area (Å²) in [4.78, 5) is 0. The van der Waals surface area contributed by atoms with Crippen molar-refractivity contribution in [2.75, 3.05) is 13.2 Å². The standard InChI is InChI=1S/C22H46O3/c23-20-18-16-14-12-10-8-6-4-2-1-3-5-7-9-11-13-15-17-19-22(25)21-24/h22-25H,1-21H2.